The number of hydrogen-bond acceptors (Lipinski definition) is 3. The highest BCUT2D eigenvalue weighted by atomic mass is 16.6. The topological polar surface area (TPSA) is 38.7 Å². The Balaban J connectivity index is 3.43. The van der Waals surface area contributed by atoms with E-state index in [2.05, 4.69) is 9.99 Å². The average Bonchev–Trinajstić information content (AvgIpc) is 1.87. The van der Waals surface area contributed by atoms with Crippen LogP contribution in [-0.4, -0.2) is 18.1 Å². The third kappa shape index (κ3) is 5.28. The molecule has 0 amide bonds. The predicted octanol–water partition coefficient (Wildman–Crippen LogP) is 1.38. The van der Waals surface area contributed by atoms with Crippen molar-refractivity contribution in [3.63, 3.8) is 0 Å². The van der Waals surface area contributed by atoms with E-state index in [0.717, 1.165) is 12.1 Å². The van der Waals surface area contributed by atoms with Crippen molar-refractivity contribution in [2.45, 2.75) is 27.2 Å². The van der Waals surface area contributed by atoms with Crippen LogP contribution in [0.5, 0.6) is 0 Å². The third-order valence-corrected chi connectivity index (χ3v) is 1.000. The molecule has 0 heterocycles. The maximum absolute atomic E-state index is 10.3. The van der Waals surface area contributed by atoms with Gasteiger partial charge in [0.2, 0.25) is 0 Å². The molecule has 0 fully saturated rings. The van der Waals surface area contributed by atoms with Crippen LogP contribution < -0.4 is 0 Å². The number of carbonyl (C=O) groups excluding carboxylic acids is 1. The smallest absolute Gasteiger partial charge is 0.174 e. The van der Waals surface area contributed by atoms with Crippen molar-refractivity contribution in [2.75, 3.05) is 6.61 Å². The number of nitrogens with zero attached hydrogens (tertiary/aromatic N) is 1. The Morgan fingerprint density at radius 2 is 2.10 bits per heavy atom. The maximum atomic E-state index is 10.3. The van der Waals surface area contributed by atoms with Crippen LogP contribution in [-0.2, 0) is 9.63 Å². The molecular weight excluding hydrogens is 130 g/mol. The van der Waals surface area contributed by atoms with E-state index < -0.39 is 0 Å². The summed E-state index contributed by atoms with van der Waals surface area (Å²) in [5, 5.41) is 3.68. The van der Waals surface area contributed by atoms with E-state index >= 15 is 0 Å². The van der Waals surface area contributed by atoms with Crippen molar-refractivity contribution < 1.29 is 9.63 Å². The molecule has 0 rings (SSSR count). The minimum Gasteiger partial charge on any atom is -0.388 e. The lowest BCUT2D eigenvalue weighted by Gasteiger charge is -1.95. The van der Waals surface area contributed by atoms with Gasteiger partial charge in [-0.3, -0.25) is 4.79 Å². The Hall–Kier alpha value is -0.860. The SMILES string of the molecule is CCC(C)=NOCC(C)=O. The molecule has 0 radical (unpaired) electrons. The number of ketones is 1. The lowest BCUT2D eigenvalue weighted by atomic mass is 10.3. The van der Waals surface area contributed by atoms with Crippen LogP contribution in [0.2, 0.25) is 0 Å². The second-order valence-corrected chi connectivity index (χ2v) is 2.16. The van der Waals surface area contributed by atoms with Gasteiger partial charge in [0, 0.05) is 0 Å². The van der Waals surface area contributed by atoms with Crippen LogP contribution in [0.25, 0.3) is 0 Å². The fourth-order valence-corrected chi connectivity index (χ4v) is 0.298. The largest absolute Gasteiger partial charge is 0.388 e. The van der Waals surface area contributed by atoms with Gasteiger partial charge < -0.3 is 4.84 Å². The summed E-state index contributed by atoms with van der Waals surface area (Å²) in [6.07, 6.45) is 0.859. The molecule has 0 aromatic carbocycles. The van der Waals surface area contributed by atoms with E-state index in [0.29, 0.717) is 0 Å². The van der Waals surface area contributed by atoms with Gasteiger partial charge in [0.15, 0.2) is 12.4 Å². The molecule has 0 bridgehead atoms. The number of hydrogen-bond donors (Lipinski definition) is 0. The first-order valence-corrected chi connectivity index (χ1v) is 3.31. The Kier molecular flexibility index (Phi) is 4.54. The lowest BCUT2D eigenvalue weighted by Crippen LogP contribution is -2.01. The molecule has 0 spiro atoms. The monoisotopic (exact) mass is 143 g/mol. The Bertz CT molecular complexity index is 141. The van der Waals surface area contributed by atoms with Gasteiger partial charge >= 0.3 is 0 Å². The first-order valence-electron chi connectivity index (χ1n) is 3.31. The van der Waals surface area contributed by atoms with Gasteiger partial charge in [-0.25, -0.2) is 0 Å². The summed E-state index contributed by atoms with van der Waals surface area (Å²) in [6, 6.07) is 0. The summed E-state index contributed by atoms with van der Waals surface area (Å²) in [6.45, 7) is 5.39. The highest BCUT2D eigenvalue weighted by molar-refractivity contribution is 5.81. The first kappa shape index (κ1) is 9.14. The summed E-state index contributed by atoms with van der Waals surface area (Å²) in [5.74, 6) is -0.00680. The Morgan fingerprint density at radius 1 is 1.50 bits per heavy atom. The summed E-state index contributed by atoms with van der Waals surface area (Å²) < 4.78 is 0. The van der Waals surface area contributed by atoms with Gasteiger partial charge in [-0.05, 0) is 20.3 Å². The second kappa shape index (κ2) is 4.97. The molecule has 3 nitrogen and oxygen atoms in total. The van der Waals surface area contributed by atoms with Crippen molar-refractivity contribution in [3.8, 4) is 0 Å². The molecule has 0 aliphatic carbocycles. The van der Waals surface area contributed by atoms with E-state index in [1.54, 1.807) is 0 Å². The van der Waals surface area contributed by atoms with E-state index in [9.17, 15) is 4.79 Å². The average molecular weight is 143 g/mol. The number of oxime groups is 1. The summed E-state index contributed by atoms with van der Waals surface area (Å²) in [7, 11) is 0. The van der Waals surface area contributed by atoms with Crippen LogP contribution in [0, 0.1) is 0 Å². The zero-order valence-corrected chi connectivity index (χ0v) is 6.68. The lowest BCUT2D eigenvalue weighted by molar-refractivity contribution is -0.121. The molecule has 0 aliphatic heterocycles. The summed E-state index contributed by atoms with van der Waals surface area (Å²) >= 11 is 0. The summed E-state index contributed by atoms with van der Waals surface area (Å²) in [4.78, 5) is 15.0. The molecule has 58 valence electrons. The number of rotatable bonds is 4. The Labute approximate surface area is 61.1 Å². The molecule has 0 aromatic rings. The quantitative estimate of drug-likeness (QED) is 0.440. The van der Waals surface area contributed by atoms with Gasteiger partial charge in [-0.15, -0.1) is 0 Å². The minimum absolute atomic E-state index is 0.00680. The van der Waals surface area contributed by atoms with Gasteiger partial charge in [-0.1, -0.05) is 12.1 Å². The molecule has 0 unspecified atom stereocenters. The van der Waals surface area contributed by atoms with Crippen LogP contribution in [0.4, 0.5) is 0 Å². The van der Waals surface area contributed by atoms with Crippen LogP contribution in [0.1, 0.15) is 27.2 Å². The second-order valence-electron chi connectivity index (χ2n) is 2.16. The van der Waals surface area contributed by atoms with Crippen LogP contribution in [0.15, 0.2) is 5.16 Å². The van der Waals surface area contributed by atoms with Crippen LogP contribution >= 0.6 is 0 Å². The van der Waals surface area contributed by atoms with Gasteiger partial charge in [0.1, 0.15) is 0 Å². The van der Waals surface area contributed by atoms with Crippen molar-refractivity contribution in [1.29, 1.82) is 0 Å². The van der Waals surface area contributed by atoms with Gasteiger partial charge in [-0.2, -0.15) is 0 Å². The van der Waals surface area contributed by atoms with Crippen molar-refractivity contribution in [1.82, 2.24) is 0 Å². The van der Waals surface area contributed by atoms with Crippen molar-refractivity contribution >= 4 is 11.5 Å². The van der Waals surface area contributed by atoms with E-state index in [1.165, 1.54) is 6.92 Å². The van der Waals surface area contributed by atoms with E-state index in [-0.39, 0.29) is 12.4 Å². The molecule has 0 N–H and O–H groups in total. The molecule has 0 aliphatic rings. The third-order valence-electron chi connectivity index (χ3n) is 1.000. The normalized spacial score (nSPS) is 11.3. The summed E-state index contributed by atoms with van der Waals surface area (Å²) in [5.41, 5.74) is 0.904. The predicted molar refractivity (Wildman–Crippen MR) is 40.0 cm³/mol. The van der Waals surface area contributed by atoms with E-state index in [4.69, 9.17) is 0 Å². The molecule has 10 heavy (non-hydrogen) atoms. The molecular formula is C7H13NO2. The zero-order chi connectivity index (χ0) is 7.98. The zero-order valence-electron chi connectivity index (χ0n) is 6.68. The minimum atomic E-state index is -0.00680. The van der Waals surface area contributed by atoms with Gasteiger partial charge in [0.25, 0.3) is 0 Å². The fourth-order valence-electron chi connectivity index (χ4n) is 0.298. The number of carbonyl (C=O) groups is 1. The Morgan fingerprint density at radius 3 is 2.50 bits per heavy atom. The molecule has 0 saturated heterocycles. The highest BCUT2D eigenvalue weighted by Crippen LogP contribution is 1.85. The fraction of sp³-hybridized carbons (Fsp3) is 0.714. The molecule has 0 saturated carbocycles. The molecule has 0 aromatic heterocycles. The molecule has 0 atom stereocenters. The number of Topliss-reactive ketones (excluding diaryl/α,β-unsaturated/α-hetero) is 1. The van der Waals surface area contributed by atoms with Crippen molar-refractivity contribution in [2.24, 2.45) is 5.16 Å². The van der Waals surface area contributed by atoms with Gasteiger partial charge in [0.05, 0.1) is 5.71 Å². The standard InChI is InChI=1S/C7H13NO2/c1-4-6(2)8-10-5-7(3)9/h4-5H2,1-3H3. The van der Waals surface area contributed by atoms with Crippen molar-refractivity contribution in [3.05, 3.63) is 0 Å². The van der Waals surface area contributed by atoms with E-state index in [1.807, 2.05) is 13.8 Å². The van der Waals surface area contributed by atoms with Crippen LogP contribution in [0.3, 0.4) is 0 Å². The first-order chi connectivity index (χ1) is 4.66. The highest BCUT2D eigenvalue weighted by Gasteiger charge is 1.90. The molecule has 3 heteroatoms. The maximum Gasteiger partial charge on any atom is 0.174 e.